The topological polar surface area (TPSA) is 56.1 Å². The highest BCUT2D eigenvalue weighted by molar-refractivity contribution is 6.31. The van der Waals surface area contributed by atoms with E-state index in [0.29, 0.717) is 17.8 Å². The molecule has 1 saturated heterocycles. The van der Waals surface area contributed by atoms with E-state index >= 15 is 0 Å². The van der Waals surface area contributed by atoms with Gasteiger partial charge in [-0.3, -0.25) is 9.69 Å². The maximum Gasteiger partial charge on any atom is 0.238 e. The fraction of sp³-hybridized carbons (Fsp3) is 0.263. The van der Waals surface area contributed by atoms with Crippen molar-refractivity contribution in [2.24, 2.45) is 0 Å². The van der Waals surface area contributed by atoms with Crippen LogP contribution in [-0.2, 0) is 4.79 Å². The number of nitrogens with zero attached hydrogens (tertiary/aromatic N) is 2. The van der Waals surface area contributed by atoms with Crippen molar-refractivity contribution in [1.29, 1.82) is 5.26 Å². The normalized spacial score (nSPS) is 17.4. The third kappa shape index (κ3) is 3.76. The summed E-state index contributed by atoms with van der Waals surface area (Å²) in [6.07, 6.45) is 2.05. The SMILES string of the molecule is N#Cc1cccc(NC(=O)CN2CCCC2c2ccccc2Cl)c1. The summed E-state index contributed by atoms with van der Waals surface area (Å²) in [4.78, 5) is 14.5. The molecule has 1 N–H and O–H groups in total. The first-order chi connectivity index (χ1) is 11.7. The highest BCUT2D eigenvalue weighted by Crippen LogP contribution is 2.35. The van der Waals surface area contributed by atoms with Gasteiger partial charge < -0.3 is 5.32 Å². The van der Waals surface area contributed by atoms with Gasteiger partial charge in [-0.15, -0.1) is 0 Å². The number of likely N-dealkylation sites (tertiary alicyclic amines) is 1. The summed E-state index contributed by atoms with van der Waals surface area (Å²) in [5, 5.41) is 12.5. The van der Waals surface area contributed by atoms with Crippen molar-refractivity contribution in [3.63, 3.8) is 0 Å². The Labute approximate surface area is 146 Å². The third-order valence-electron chi connectivity index (χ3n) is 4.25. The van der Waals surface area contributed by atoms with Crippen LogP contribution in [0.3, 0.4) is 0 Å². The van der Waals surface area contributed by atoms with Gasteiger partial charge in [-0.1, -0.05) is 35.9 Å². The first-order valence-electron chi connectivity index (χ1n) is 7.96. The fourth-order valence-corrected chi connectivity index (χ4v) is 3.43. The van der Waals surface area contributed by atoms with Crippen molar-refractivity contribution in [3.05, 3.63) is 64.7 Å². The Morgan fingerprint density at radius 2 is 2.12 bits per heavy atom. The summed E-state index contributed by atoms with van der Waals surface area (Å²) in [7, 11) is 0. The predicted octanol–water partition coefficient (Wildman–Crippen LogP) is 3.99. The number of rotatable bonds is 4. The van der Waals surface area contributed by atoms with Crippen LogP contribution >= 0.6 is 11.6 Å². The Balaban J connectivity index is 1.67. The van der Waals surface area contributed by atoms with Crippen molar-refractivity contribution in [1.82, 2.24) is 4.90 Å². The average molecular weight is 340 g/mol. The van der Waals surface area contributed by atoms with Crippen LogP contribution in [0.2, 0.25) is 5.02 Å². The number of carbonyl (C=O) groups excluding carboxylic acids is 1. The first-order valence-corrected chi connectivity index (χ1v) is 8.33. The lowest BCUT2D eigenvalue weighted by Gasteiger charge is -2.25. The largest absolute Gasteiger partial charge is 0.325 e. The molecule has 2 aromatic rings. The molecule has 122 valence electrons. The fourth-order valence-electron chi connectivity index (χ4n) is 3.16. The molecule has 0 aliphatic carbocycles. The lowest BCUT2D eigenvalue weighted by Crippen LogP contribution is -2.33. The molecule has 0 radical (unpaired) electrons. The molecule has 3 rings (SSSR count). The van der Waals surface area contributed by atoms with E-state index in [9.17, 15) is 4.79 Å². The highest BCUT2D eigenvalue weighted by atomic mass is 35.5. The Kier molecular flexibility index (Phi) is 5.14. The molecule has 1 atom stereocenters. The molecule has 1 amide bonds. The molecule has 4 nitrogen and oxygen atoms in total. The summed E-state index contributed by atoms with van der Waals surface area (Å²) in [5.41, 5.74) is 2.26. The molecule has 2 aromatic carbocycles. The summed E-state index contributed by atoms with van der Waals surface area (Å²) in [5.74, 6) is -0.0796. The van der Waals surface area contributed by atoms with Crippen LogP contribution < -0.4 is 5.32 Å². The zero-order chi connectivity index (χ0) is 16.9. The second kappa shape index (κ2) is 7.48. The number of nitrogens with one attached hydrogen (secondary N) is 1. The van der Waals surface area contributed by atoms with Crippen molar-refractivity contribution in [3.8, 4) is 6.07 Å². The minimum atomic E-state index is -0.0796. The van der Waals surface area contributed by atoms with Crippen LogP contribution in [0.25, 0.3) is 0 Å². The molecule has 1 unspecified atom stereocenters. The van der Waals surface area contributed by atoms with Gasteiger partial charge >= 0.3 is 0 Å². The van der Waals surface area contributed by atoms with E-state index in [2.05, 4.69) is 16.3 Å². The number of hydrogen-bond acceptors (Lipinski definition) is 3. The second-order valence-corrected chi connectivity index (χ2v) is 6.30. The van der Waals surface area contributed by atoms with Gasteiger partial charge in [0, 0.05) is 16.8 Å². The van der Waals surface area contributed by atoms with E-state index in [1.807, 2.05) is 24.3 Å². The van der Waals surface area contributed by atoms with Gasteiger partial charge in [-0.05, 0) is 49.2 Å². The molecule has 24 heavy (non-hydrogen) atoms. The minimum absolute atomic E-state index is 0.0796. The summed E-state index contributed by atoms with van der Waals surface area (Å²) in [6, 6.07) is 17.0. The zero-order valence-electron chi connectivity index (χ0n) is 13.2. The second-order valence-electron chi connectivity index (χ2n) is 5.89. The number of nitriles is 1. The minimum Gasteiger partial charge on any atom is -0.325 e. The van der Waals surface area contributed by atoms with Gasteiger partial charge in [-0.2, -0.15) is 5.26 Å². The number of carbonyl (C=O) groups is 1. The average Bonchev–Trinajstić information content (AvgIpc) is 3.03. The lowest BCUT2D eigenvalue weighted by atomic mass is 10.0. The molecule has 0 bridgehead atoms. The van der Waals surface area contributed by atoms with E-state index in [1.165, 1.54) is 0 Å². The zero-order valence-corrected chi connectivity index (χ0v) is 14.0. The van der Waals surface area contributed by atoms with Gasteiger partial charge in [0.15, 0.2) is 0 Å². The molecule has 0 saturated carbocycles. The molecular formula is C19H18ClN3O. The van der Waals surface area contributed by atoms with Crippen LogP contribution in [0.4, 0.5) is 5.69 Å². The lowest BCUT2D eigenvalue weighted by molar-refractivity contribution is -0.117. The van der Waals surface area contributed by atoms with Crippen molar-refractivity contribution in [2.45, 2.75) is 18.9 Å². The standard InChI is InChI=1S/C19H18ClN3O/c20-17-8-2-1-7-16(17)18-9-4-10-23(18)13-19(24)22-15-6-3-5-14(11-15)12-21/h1-3,5-8,11,18H,4,9-10,13H2,(H,22,24). The Morgan fingerprint density at radius 3 is 2.92 bits per heavy atom. The van der Waals surface area contributed by atoms with Crippen molar-refractivity contribution < 1.29 is 4.79 Å². The molecule has 0 spiro atoms. The van der Waals surface area contributed by atoms with Gasteiger partial charge in [0.1, 0.15) is 0 Å². The van der Waals surface area contributed by atoms with Crippen LogP contribution in [0.1, 0.15) is 30.0 Å². The molecular weight excluding hydrogens is 322 g/mol. The van der Waals surface area contributed by atoms with E-state index in [1.54, 1.807) is 24.3 Å². The Morgan fingerprint density at radius 1 is 1.29 bits per heavy atom. The first kappa shape index (κ1) is 16.5. The Bertz CT molecular complexity index is 784. The Hall–Kier alpha value is -2.35. The summed E-state index contributed by atoms with van der Waals surface area (Å²) in [6.45, 7) is 1.19. The number of amides is 1. The van der Waals surface area contributed by atoms with Gasteiger partial charge in [0.2, 0.25) is 5.91 Å². The third-order valence-corrected chi connectivity index (χ3v) is 4.59. The maximum atomic E-state index is 12.4. The molecule has 0 aromatic heterocycles. The van der Waals surface area contributed by atoms with E-state index in [4.69, 9.17) is 16.9 Å². The van der Waals surface area contributed by atoms with E-state index < -0.39 is 0 Å². The monoisotopic (exact) mass is 339 g/mol. The summed E-state index contributed by atoms with van der Waals surface area (Å²) >= 11 is 6.31. The predicted molar refractivity (Wildman–Crippen MR) is 94.8 cm³/mol. The van der Waals surface area contributed by atoms with Crippen LogP contribution in [-0.4, -0.2) is 23.9 Å². The number of halogens is 1. The van der Waals surface area contributed by atoms with E-state index in [0.717, 1.165) is 30.0 Å². The molecule has 1 fully saturated rings. The van der Waals surface area contributed by atoms with Gasteiger partial charge in [0.25, 0.3) is 0 Å². The molecule has 1 aliphatic heterocycles. The highest BCUT2D eigenvalue weighted by Gasteiger charge is 2.28. The van der Waals surface area contributed by atoms with E-state index in [-0.39, 0.29) is 11.9 Å². The van der Waals surface area contributed by atoms with Crippen LogP contribution in [0.5, 0.6) is 0 Å². The number of anilines is 1. The van der Waals surface area contributed by atoms with Gasteiger partial charge in [0.05, 0.1) is 18.2 Å². The molecule has 1 aliphatic rings. The smallest absolute Gasteiger partial charge is 0.238 e. The van der Waals surface area contributed by atoms with Crippen molar-refractivity contribution >= 4 is 23.2 Å². The molecule has 1 heterocycles. The van der Waals surface area contributed by atoms with Crippen molar-refractivity contribution in [2.75, 3.05) is 18.4 Å². The van der Waals surface area contributed by atoms with Crippen LogP contribution in [0.15, 0.2) is 48.5 Å². The number of benzene rings is 2. The van der Waals surface area contributed by atoms with Crippen LogP contribution in [0, 0.1) is 11.3 Å². The maximum absolute atomic E-state index is 12.4. The number of hydrogen-bond donors (Lipinski definition) is 1. The quantitative estimate of drug-likeness (QED) is 0.916. The summed E-state index contributed by atoms with van der Waals surface area (Å²) < 4.78 is 0. The van der Waals surface area contributed by atoms with Gasteiger partial charge in [-0.25, -0.2) is 0 Å². The molecule has 5 heteroatoms.